The summed E-state index contributed by atoms with van der Waals surface area (Å²) < 4.78 is 5.26. The quantitative estimate of drug-likeness (QED) is 0.622. The smallest absolute Gasteiger partial charge is 0.307 e. The molecule has 23 heavy (non-hydrogen) atoms. The molecular weight excluding hydrogens is 296 g/mol. The van der Waals surface area contributed by atoms with Crippen LogP contribution in [0.25, 0.3) is 0 Å². The molecule has 2 saturated carbocycles. The number of hydrazone groups is 2. The van der Waals surface area contributed by atoms with E-state index in [-0.39, 0.29) is 11.5 Å². The number of nitrogens with zero attached hydrogens (tertiary/aromatic N) is 2. The maximum absolute atomic E-state index is 11.9. The molecule has 1 aromatic rings. The number of nitrogens with one attached hydrogen (secondary N) is 2. The van der Waals surface area contributed by atoms with Crippen LogP contribution in [0.1, 0.15) is 60.6 Å². The third kappa shape index (κ3) is 4.06. The van der Waals surface area contributed by atoms with E-state index in [4.69, 9.17) is 4.42 Å². The molecule has 0 aliphatic heterocycles. The van der Waals surface area contributed by atoms with Gasteiger partial charge in [0.05, 0.1) is 0 Å². The highest BCUT2D eigenvalue weighted by atomic mass is 16.4. The maximum Gasteiger partial charge on any atom is 0.307 e. The van der Waals surface area contributed by atoms with Gasteiger partial charge in [-0.2, -0.15) is 10.2 Å². The zero-order valence-corrected chi connectivity index (χ0v) is 13.3. The molecule has 0 atom stereocenters. The summed E-state index contributed by atoms with van der Waals surface area (Å²) in [7, 11) is 0. The van der Waals surface area contributed by atoms with Crippen molar-refractivity contribution >= 4 is 23.2 Å². The largest absolute Gasteiger partial charge is 0.446 e. The van der Waals surface area contributed by atoms with Crippen molar-refractivity contribution < 1.29 is 14.0 Å². The Morgan fingerprint density at radius 1 is 0.913 bits per heavy atom. The Labute approximate surface area is 134 Å². The van der Waals surface area contributed by atoms with Gasteiger partial charge in [-0.05, 0) is 63.5 Å². The van der Waals surface area contributed by atoms with Gasteiger partial charge in [0.1, 0.15) is 0 Å². The molecule has 2 aliphatic rings. The number of carbonyl (C=O) groups excluding carboxylic acids is 2. The lowest BCUT2D eigenvalue weighted by Gasteiger charge is -2.00. The first-order valence-corrected chi connectivity index (χ1v) is 7.83. The van der Waals surface area contributed by atoms with Crippen molar-refractivity contribution in [1.82, 2.24) is 10.9 Å². The summed E-state index contributed by atoms with van der Waals surface area (Å²) in [4.78, 5) is 23.8. The maximum atomic E-state index is 11.9. The van der Waals surface area contributed by atoms with Gasteiger partial charge in [-0.1, -0.05) is 0 Å². The van der Waals surface area contributed by atoms with E-state index in [0.29, 0.717) is 11.8 Å². The Morgan fingerprint density at radius 2 is 1.30 bits per heavy atom. The highest BCUT2D eigenvalue weighted by Gasteiger charge is 2.25. The fraction of sp³-hybridized carbons (Fsp3) is 0.500. The molecule has 2 fully saturated rings. The highest BCUT2D eigenvalue weighted by molar-refractivity contribution is 5.97. The molecule has 2 N–H and O–H groups in total. The minimum absolute atomic E-state index is 0.0467. The second-order valence-electron chi connectivity index (χ2n) is 6.10. The van der Waals surface area contributed by atoms with Crippen molar-refractivity contribution in [3.05, 3.63) is 23.7 Å². The molecule has 3 rings (SSSR count). The van der Waals surface area contributed by atoms with Crippen LogP contribution in [0.15, 0.2) is 26.8 Å². The Bertz CT molecular complexity index is 625. The molecule has 2 amide bonds. The number of amides is 2. The SMILES string of the molecule is CC(=NNC(=O)c1ccc(C(=O)NN=C(C)C2CC2)o1)C1CC1. The van der Waals surface area contributed by atoms with Crippen LogP contribution in [-0.2, 0) is 0 Å². The summed E-state index contributed by atoms with van der Waals surface area (Å²) in [6.45, 7) is 3.78. The van der Waals surface area contributed by atoms with Crippen LogP contribution in [0.3, 0.4) is 0 Å². The number of rotatable bonds is 6. The fourth-order valence-electron chi connectivity index (χ4n) is 2.15. The van der Waals surface area contributed by atoms with Gasteiger partial charge in [-0.3, -0.25) is 9.59 Å². The highest BCUT2D eigenvalue weighted by Crippen LogP contribution is 2.30. The summed E-state index contributed by atoms with van der Waals surface area (Å²) in [6, 6.07) is 2.90. The van der Waals surface area contributed by atoms with Gasteiger partial charge in [-0.25, -0.2) is 10.9 Å². The summed E-state index contributed by atoms with van der Waals surface area (Å²) in [6.07, 6.45) is 4.49. The number of hydrogen-bond acceptors (Lipinski definition) is 5. The zero-order valence-electron chi connectivity index (χ0n) is 13.3. The predicted molar refractivity (Wildman–Crippen MR) is 85.3 cm³/mol. The Morgan fingerprint density at radius 3 is 1.65 bits per heavy atom. The van der Waals surface area contributed by atoms with Crippen LogP contribution in [0.4, 0.5) is 0 Å². The van der Waals surface area contributed by atoms with Crippen molar-refractivity contribution in [1.29, 1.82) is 0 Å². The first-order valence-electron chi connectivity index (χ1n) is 7.83. The van der Waals surface area contributed by atoms with E-state index < -0.39 is 11.8 Å². The average Bonchev–Trinajstić information content (AvgIpc) is 3.46. The third-order valence-electron chi connectivity index (χ3n) is 4.06. The summed E-state index contributed by atoms with van der Waals surface area (Å²) in [5.41, 5.74) is 6.70. The average molecular weight is 316 g/mol. The number of furan rings is 1. The minimum atomic E-state index is -0.471. The molecule has 7 nitrogen and oxygen atoms in total. The van der Waals surface area contributed by atoms with E-state index in [1.54, 1.807) is 0 Å². The Balaban J connectivity index is 1.56. The topological polar surface area (TPSA) is 96.1 Å². The summed E-state index contributed by atoms with van der Waals surface area (Å²) >= 11 is 0. The van der Waals surface area contributed by atoms with Crippen molar-refractivity contribution in [3.63, 3.8) is 0 Å². The Kier molecular flexibility index (Phi) is 4.27. The van der Waals surface area contributed by atoms with Gasteiger partial charge in [-0.15, -0.1) is 0 Å². The van der Waals surface area contributed by atoms with Gasteiger partial charge in [0.25, 0.3) is 0 Å². The summed E-state index contributed by atoms with van der Waals surface area (Å²) in [5.74, 6) is 0.126. The molecule has 0 radical (unpaired) electrons. The van der Waals surface area contributed by atoms with Crippen molar-refractivity contribution in [2.75, 3.05) is 0 Å². The number of carbonyl (C=O) groups is 2. The lowest BCUT2D eigenvalue weighted by molar-refractivity contribution is 0.0902. The van der Waals surface area contributed by atoms with Crippen molar-refractivity contribution in [3.8, 4) is 0 Å². The predicted octanol–water partition coefficient (Wildman–Crippen LogP) is 2.31. The molecule has 0 aromatic carbocycles. The molecule has 0 spiro atoms. The molecule has 1 heterocycles. The molecule has 0 bridgehead atoms. The van der Waals surface area contributed by atoms with E-state index in [1.165, 1.54) is 12.1 Å². The third-order valence-corrected chi connectivity index (χ3v) is 4.06. The van der Waals surface area contributed by atoms with Gasteiger partial charge in [0.15, 0.2) is 11.5 Å². The van der Waals surface area contributed by atoms with Crippen LogP contribution in [0.2, 0.25) is 0 Å². The molecule has 7 heteroatoms. The van der Waals surface area contributed by atoms with Crippen LogP contribution in [0.5, 0.6) is 0 Å². The lowest BCUT2D eigenvalue weighted by atomic mass is 10.3. The van der Waals surface area contributed by atoms with Gasteiger partial charge >= 0.3 is 11.8 Å². The second kappa shape index (κ2) is 6.36. The monoisotopic (exact) mass is 316 g/mol. The van der Waals surface area contributed by atoms with Gasteiger partial charge in [0.2, 0.25) is 0 Å². The zero-order chi connectivity index (χ0) is 16.4. The first kappa shape index (κ1) is 15.5. The molecular formula is C16H20N4O3. The van der Waals surface area contributed by atoms with E-state index in [0.717, 1.165) is 37.1 Å². The molecule has 122 valence electrons. The van der Waals surface area contributed by atoms with Crippen molar-refractivity contribution in [2.24, 2.45) is 22.0 Å². The van der Waals surface area contributed by atoms with E-state index >= 15 is 0 Å². The van der Waals surface area contributed by atoms with Crippen LogP contribution in [-0.4, -0.2) is 23.2 Å². The van der Waals surface area contributed by atoms with Crippen LogP contribution < -0.4 is 10.9 Å². The fourth-order valence-corrected chi connectivity index (χ4v) is 2.15. The standard InChI is InChI=1S/C16H20N4O3/c1-9(11-3-4-11)17-19-15(21)13-7-8-14(23-13)16(22)20-18-10(2)12-5-6-12/h7-8,11-12H,3-6H2,1-2H3,(H,19,21)(H,20,22). The first-order chi connectivity index (χ1) is 11.0. The van der Waals surface area contributed by atoms with Crippen LogP contribution >= 0.6 is 0 Å². The molecule has 0 unspecified atom stereocenters. The molecule has 0 saturated heterocycles. The number of hydrogen-bond donors (Lipinski definition) is 2. The second-order valence-corrected chi connectivity index (χ2v) is 6.10. The summed E-state index contributed by atoms with van der Waals surface area (Å²) in [5, 5.41) is 8.07. The van der Waals surface area contributed by atoms with Crippen molar-refractivity contribution in [2.45, 2.75) is 39.5 Å². The Hall–Kier alpha value is -2.44. The molecule has 2 aliphatic carbocycles. The van der Waals surface area contributed by atoms with E-state index in [1.807, 2.05) is 13.8 Å². The minimum Gasteiger partial charge on any atom is -0.446 e. The van der Waals surface area contributed by atoms with Crippen LogP contribution in [0, 0.1) is 11.8 Å². The van der Waals surface area contributed by atoms with E-state index in [9.17, 15) is 9.59 Å². The van der Waals surface area contributed by atoms with E-state index in [2.05, 4.69) is 21.1 Å². The van der Waals surface area contributed by atoms with Gasteiger partial charge < -0.3 is 4.42 Å². The lowest BCUT2D eigenvalue weighted by Crippen LogP contribution is -2.20. The molecule has 1 aromatic heterocycles. The normalized spacial score (nSPS) is 18.7. The van der Waals surface area contributed by atoms with Gasteiger partial charge in [0, 0.05) is 11.4 Å².